The Bertz CT molecular complexity index is 1050. The third-order valence-corrected chi connectivity index (χ3v) is 6.10. The van der Waals surface area contributed by atoms with Crippen molar-refractivity contribution in [2.75, 3.05) is 14.2 Å². The summed E-state index contributed by atoms with van der Waals surface area (Å²) >= 11 is 0. The fourth-order valence-electron chi connectivity index (χ4n) is 2.73. The van der Waals surface area contributed by atoms with Crippen molar-refractivity contribution in [1.82, 2.24) is 4.31 Å². The number of para-hydroxylation sites is 1. The van der Waals surface area contributed by atoms with E-state index in [9.17, 15) is 8.42 Å². The predicted octanol–water partition coefficient (Wildman–Crippen LogP) is 4.27. The van der Waals surface area contributed by atoms with Gasteiger partial charge in [-0.2, -0.15) is 4.31 Å². The molecule has 0 aliphatic heterocycles. The highest BCUT2D eigenvalue weighted by atomic mass is 32.2. The lowest BCUT2D eigenvalue weighted by atomic mass is 10.2. The van der Waals surface area contributed by atoms with Crippen molar-refractivity contribution in [3.8, 4) is 5.75 Å². The molecule has 6 heteroatoms. The van der Waals surface area contributed by atoms with E-state index >= 15 is 0 Å². The Morgan fingerprint density at radius 2 is 1.57 bits per heavy atom. The van der Waals surface area contributed by atoms with Gasteiger partial charge in [-0.1, -0.05) is 42.5 Å². The molecule has 0 saturated heterocycles. The van der Waals surface area contributed by atoms with Crippen LogP contribution in [-0.2, 0) is 16.6 Å². The van der Waals surface area contributed by atoms with Crippen LogP contribution >= 0.6 is 0 Å². The molecule has 3 rings (SSSR count). The van der Waals surface area contributed by atoms with Gasteiger partial charge in [-0.3, -0.25) is 4.99 Å². The van der Waals surface area contributed by atoms with Gasteiger partial charge in [-0.15, -0.1) is 0 Å². The minimum absolute atomic E-state index is 0.238. The van der Waals surface area contributed by atoms with Gasteiger partial charge in [0.05, 0.1) is 17.7 Å². The van der Waals surface area contributed by atoms with Crippen LogP contribution in [0, 0.1) is 0 Å². The molecular weight excluding hydrogens is 372 g/mol. The van der Waals surface area contributed by atoms with E-state index < -0.39 is 10.0 Å². The van der Waals surface area contributed by atoms with E-state index in [4.69, 9.17) is 4.74 Å². The zero-order valence-electron chi connectivity index (χ0n) is 15.8. The first-order valence-corrected chi connectivity index (χ1v) is 10.2. The Kier molecular flexibility index (Phi) is 6.23. The molecule has 0 atom stereocenters. The number of ether oxygens (including phenoxy) is 1. The fourth-order valence-corrected chi connectivity index (χ4v) is 3.89. The predicted molar refractivity (Wildman–Crippen MR) is 112 cm³/mol. The maximum absolute atomic E-state index is 12.8. The maximum atomic E-state index is 12.8. The number of sulfonamides is 1. The molecule has 5 nitrogen and oxygen atoms in total. The summed E-state index contributed by atoms with van der Waals surface area (Å²) < 4.78 is 32.2. The van der Waals surface area contributed by atoms with E-state index in [1.807, 2.05) is 54.6 Å². The van der Waals surface area contributed by atoms with Crippen molar-refractivity contribution in [2.45, 2.75) is 11.4 Å². The van der Waals surface area contributed by atoms with Crippen molar-refractivity contribution in [3.63, 3.8) is 0 Å². The number of hydrogen-bond acceptors (Lipinski definition) is 4. The SMILES string of the molecule is COc1ccccc1C=Nc1ccc(S(=O)(=O)N(C)Cc2ccccc2)cc1. The zero-order valence-corrected chi connectivity index (χ0v) is 16.6. The second-order valence-corrected chi connectivity index (χ2v) is 8.29. The lowest BCUT2D eigenvalue weighted by molar-refractivity contribution is 0.414. The molecule has 0 amide bonds. The van der Waals surface area contributed by atoms with Gasteiger partial charge in [0.25, 0.3) is 0 Å². The molecule has 0 aromatic heterocycles. The van der Waals surface area contributed by atoms with Crippen molar-refractivity contribution in [2.24, 2.45) is 4.99 Å². The second-order valence-electron chi connectivity index (χ2n) is 6.24. The molecule has 0 spiro atoms. The van der Waals surface area contributed by atoms with E-state index in [1.165, 1.54) is 4.31 Å². The molecule has 0 bridgehead atoms. The molecule has 0 radical (unpaired) electrons. The number of benzene rings is 3. The van der Waals surface area contributed by atoms with Crippen molar-refractivity contribution < 1.29 is 13.2 Å². The van der Waals surface area contributed by atoms with Crippen LogP contribution in [0.25, 0.3) is 0 Å². The minimum atomic E-state index is -3.57. The average molecular weight is 394 g/mol. The van der Waals surface area contributed by atoms with Gasteiger partial charge in [-0.25, -0.2) is 8.42 Å². The first kappa shape index (κ1) is 19.8. The molecule has 0 aliphatic rings. The molecule has 0 heterocycles. The summed E-state index contributed by atoms with van der Waals surface area (Å²) in [6, 6.07) is 23.6. The van der Waals surface area contributed by atoms with Gasteiger partial charge in [0.15, 0.2) is 0 Å². The second kappa shape index (κ2) is 8.82. The smallest absolute Gasteiger partial charge is 0.243 e. The molecule has 28 heavy (non-hydrogen) atoms. The van der Waals surface area contributed by atoms with Crippen LogP contribution < -0.4 is 4.74 Å². The Labute approximate surface area is 166 Å². The lowest BCUT2D eigenvalue weighted by Crippen LogP contribution is -2.26. The molecule has 0 saturated carbocycles. The first-order valence-electron chi connectivity index (χ1n) is 8.78. The Morgan fingerprint density at radius 1 is 0.929 bits per heavy atom. The Balaban J connectivity index is 1.75. The van der Waals surface area contributed by atoms with E-state index in [-0.39, 0.29) is 4.90 Å². The molecular formula is C22H22N2O3S. The summed E-state index contributed by atoms with van der Waals surface area (Å²) in [5.41, 5.74) is 2.45. The average Bonchev–Trinajstić information content (AvgIpc) is 2.73. The highest BCUT2D eigenvalue weighted by molar-refractivity contribution is 7.89. The van der Waals surface area contributed by atoms with Crippen LogP contribution in [0.1, 0.15) is 11.1 Å². The highest BCUT2D eigenvalue weighted by Gasteiger charge is 2.20. The van der Waals surface area contributed by atoms with Gasteiger partial charge in [-0.05, 0) is 42.0 Å². The van der Waals surface area contributed by atoms with Crippen LogP contribution in [0.2, 0.25) is 0 Å². The summed E-state index contributed by atoms with van der Waals surface area (Å²) in [6.45, 7) is 0.316. The van der Waals surface area contributed by atoms with E-state index in [0.29, 0.717) is 12.2 Å². The van der Waals surface area contributed by atoms with Crippen LogP contribution in [0.15, 0.2) is 88.8 Å². The molecule has 144 valence electrons. The van der Waals surface area contributed by atoms with E-state index in [2.05, 4.69) is 4.99 Å². The van der Waals surface area contributed by atoms with Gasteiger partial charge in [0.2, 0.25) is 10.0 Å². The standard InChI is InChI=1S/C22H22N2O3S/c1-24(17-18-8-4-3-5-9-18)28(25,26)21-14-12-20(13-15-21)23-16-19-10-6-7-11-22(19)27-2/h3-16H,17H2,1-2H3. The molecule has 0 N–H and O–H groups in total. The monoisotopic (exact) mass is 394 g/mol. The molecule has 3 aromatic rings. The third-order valence-electron chi connectivity index (χ3n) is 4.28. The van der Waals surface area contributed by atoms with Crippen molar-refractivity contribution in [3.05, 3.63) is 90.0 Å². The number of nitrogens with zero attached hydrogens (tertiary/aromatic N) is 2. The lowest BCUT2D eigenvalue weighted by Gasteiger charge is -2.17. The molecule has 0 unspecified atom stereocenters. The molecule has 0 aliphatic carbocycles. The quantitative estimate of drug-likeness (QED) is 0.563. The number of hydrogen-bond donors (Lipinski definition) is 0. The van der Waals surface area contributed by atoms with E-state index in [0.717, 1.165) is 16.9 Å². The summed E-state index contributed by atoms with van der Waals surface area (Å²) in [5, 5.41) is 0. The minimum Gasteiger partial charge on any atom is -0.496 e. The normalized spacial score (nSPS) is 11.8. The topological polar surface area (TPSA) is 59.0 Å². The third kappa shape index (κ3) is 4.65. The number of aliphatic imine (C=N–C) groups is 1. The van der Waals surface area contributed by atoms with Crippen LogP contribution in [0.4, 0.5) is 5.69 Å². The number of methoxy groups -OCH3 is 1. The van der Waals surface area contributed by atoms with Crippen LogP contribution in [-0.4, -0.2) is 33.1 Å². The Morgan fingerprint density at radius 3 is 2.25 bits per heavy atom. The highest BCUT2D eigenvalue weighted by Crippen LogP contribution is 2.21. The first-order chi connectivity index (χ1) is 13.5. The van der Waals surface area contributed by atoms with E-state index in [1.54, 1.807) is 44.6 Å². The van der Waals surface area contributed by atoms with Gasteiger partial charge in [0, 0.05) is 25.4 Å². The largest absolute Gasteiger partial charge is 0.496 e. The zero-order chi connectivity index (χ0) is 20.0. The Hall–Kier alpha value is -2.96. The van der Waals surface area contributed by atoms with Crippen molar-refractivity contribution >= 4 is 21.9 Å². The molecule has 3 aromatic carbocycles. The van der Waals surface area contributed by atoms with Gasteiger partial charge < -0.3 is 4.74 Å². The maximum Gasteiger partial charge on any atom is 0.243 e. The van der Waals surface area contributed by atoms with Crippen molar-refractivity contribution in [1.29, 1.82) is 0 Å². The number of rotatable bonds is 7. The van der Waals surface area contributed by atoms with Gasteiger partial charge >= 0.3 is 0 Å². The summed E-state index contributed by atoms with van der Waals surface area (Å²) in [6.07, 6.45) is 1.70. The van der Waals surface area contributed by atoms with Crippen LogP contribution in [0.5, 0.6) is 5.75 Å². The van der Waals surface area contributed by atoms with Crippen LogP contribution in [0.3, 0.4) is 0 Å². The fraction of sp³-hybridized carbons (Fsp3) is 0.136. The summed E-state index contributed by atoms with van der Waals surface area (Å²) in [7, 11) is -0.381. The van der Waals surface area contributed by atoms with Gasteiger partial charge in [0.1, 0.15) is 5.75 Å². The summed E-state index contributed by atoms with van der Waals surface area (Å²) in [5.74, 6) is 0.730. The molecule has 0 fully saturated rings. The summed E-state index contributed by atoms with van der Waals surface area (Å²) in [4.78, 5) is 4.65.